The summed E-state index contributed by atoms with van der Waals surface area (Å²) < 4.78 is 5.22. The maximum absolute atomic E-state index is 11.8. The quantitative estimate of drug-likeness (QED) is 0.207. The number of aliphatic hydroxyl groups excluding tert-OH is 1. The van der Waals surface area contributed by atoms with Gasteiger partial charge in [0.15, 0.2) is 0 Å². The summed E-state index contributed by atoms with van der Waals surface area (Å²) in [5.74, 6) is 0.989. The van der Waals surface area contributed by atoms with E-state index in [1.807, 2.05) is 6.92 Å². The summed E-state index contributed by atoms with van der Waals surface area (Å²) in [5.41, 5.74) is 0.103. The molecule has 0 aromatic carbocycles. The Hall–Kier alpha value is -0.560. The van der Waals surface area contributed by atoms with Crippen molar-refractivity contribution >= 4 is 17.7 Å². The lowest BCUT2D eigenvalue weighted by Crippen LogP contribution is -2.33. The lowest BCUT2D eigenvalue weighted by Gasteiger charge is -2.23. The number of ether oxygens (including phenoxy) is 1. The Balaban J connectivity index is 3.88. The van der Waals surface area contributed by atoms with Crippen molar-refractivity contribution in [3.8, 4) is 0 Å². The molecular weight excluding hydrogens is 292 g/mol. The number of thioether (sulfide) groups is 1. The molecule has 0 aromatic rings. The van der Waals surface area contributed by atoms with Gasteiger partial charge >= 0.3 is 5.97 Å². The van der Waals surface area contributed by atoms with Gasteiger partial charge in [0.25, 0.3) is 0 Å². The number of carbonyl (C=O) groups is 1. The van der Waals surface area contributed by atoms with Crippen LogP contribution in [0.4, 0.5) is 0 Å². The third-order valence-electron chi connectivity index (χ3n) is 2.75. The molecule has 2 unspecified atom stereocenters. The molecule has 0 rings (SSSR count). The summed E-state index contributed by atoms with van der Waals surface area (Å²) in [7, 11) is 1.42. The molecule has 0 saturated heterocycles. The van der Waals surface area contributed by atoms with E-state index in [0.717, 1.165) is 11.3 Å². The van der Waals surface area contributed by atoms with Crippen LogP contribution in [0.5, 0.6) is 0 Å². The molecule has 124 valence electrons. The number of rotatable bonds is 11. The van der Waals surface area contributed by atoms with Crippen molar-refractivity contribution in [2.24, 2.45) is 5.92 Å². The van der Waals surface area contributed by atoms with Crippen LogP contribution in [0.1, 0.15) is 34.1 Å². The monoisotopic (exact) mass is 320 g/mol. The second-order valence-electron chi connectivity index (χ2n) is 5.74. The first-order chi connectivity index (χ1) is 9.69. The molecule has 1 N–H and O–H groups in total. The molecule has 0 saturated carbocycles. The Morgan fingerprint density at radius 3 is 2.57 bits per heavy atom. The van der Waals surface area contributed by atoms with Crippen LogP contribution in [0.25, 0.3) is 0 Å². The minimum Gasteiger partial charge on any atom is -0.462 e. The van der Waals surface area contributed by atoms with Crippen molar-refractivity contribution < 1.29 is 24.4 Å². The minimum atomic E-state index is -0.664. The Kier molecular flexibility index (Phi) is 9.94. The zero-order valence-corrected chi connectivity index (χ0v) is 14.5. The van der Waals surface area contributed by atoms with E-state index in [1.54, 1.807) is 32.5 Å². The zero-order chi connectivity index (χ0) is 16.5. The smallest absolute Gasteiger partial charge is 0.309 e. The maximum atomic E-state index is 11.8. The molecule has 0 aliphatic carbocycles. The van der Waals surface area contributed by atoms with Gasteiger partial charge in [0.1, 0.15) is 12.2 Å². The van der Waals surface area contributed by atoms with Gasteiger partial charge in [-0.1, -0.05) is 19.1 Å². The van der Waals surface area contributed by atoms with Gasteiger partial charge in [0, 0.05) is 5.75 Å². The van der Waals surface area contributed by atoms with Crippen molar-refractivity contribution in [3.63, 3.8) is 0 Å². The van der Waals surface area contributed by atoms with E-state index in [9.17, 15) is 9.90 Å². The summed E-state index contributed by atoms with van der Waals surface area (Å²) in [6.07, 6.45) is 0.183. The first-order valence-electron chi connectivity index (χ1n) is 6.99. The highest BCUT2D eigenvalue weighted by atomic mass is 32.2. The number of hydrogen-bond acceptors (Lipinski definition) is 6. The van der Waals surface area contributed by atoms with Gasteiger partial charge in [-0.2, -0.15) is 11.8 Å². The van der Waals surface area contributed by atoms with Crippen molar-refractivity contribution in [2.75, 3.05) is 25.2 Å². The highest BCUT2D eigenvalue weighted by Gasteiger charge is 2.24. The van der Waals surface area contributed by atoms with E-state index in [1.165, 1.54) is 7.11 Å². The Morgan fingerprint density at radius 1 is 1.43 bits per heavy atom. The van der Waals surface area contributed by atoms with Crippen molar-refractivity contribution in [2.45, 2.75) is 45.8 Å². The summed E-state index contributed by atoms with van der Waals surface area (Å²) in [5, 5.41) is 9.59. The number of hydrogen-bond donors (Lipinski definition) is 1. The van der Waals surface area contributed by atoms with Crippen LogP contribution in [-0.4, -0.2) is 48.0 Å². The van der Waals surface area contributed by atoms with E-state index >= 15 is 0 Å². The van der Waals surface area contributed by atoms with Crippen LogP contribution in [0.2, 0.25) is 0 Å². The average molecular weight is 320 g/mol. The van der Waals surface area contributed by atoms with E-state index in [0.29, 0.717) is 12.2 Å². The van der Waals surface area contributed by atoms with Gasteiger partial charge in [0.2, 0.25) is 0 Å². The summed E-state index contributed by atoms with van der Waals surface area (Å²) in [4.78, 5) is 21.4. The largest absolute Gasteiger partial charge is 0.462 e. The Bertz CT molecular complexity index is 330. The molecule has 0 amide bonds. The van der Waals surface area contributed by atoms with Crippen LogP contribution in [0, 0.1) is 5.92 Å². The van der Waals surface area contributed by atoms with Crippen LogP contribution < -0.4 is 0 Å². The highest BCUT2D eigenvalue weighted by Crippen LogP contribution is 2.16. The third kappa shape index (κ3) is 9.90. The van der Waals surface area contributed by atoms with Gasteiger partial charge in [-0.15, -0.1) is 0 Å². The molecule has 0 radical (unpaired) electrons. The molecule has 2 atom stereocenters. The van der Waals surface area contributed by atoms with E-state index < -0.39 is 11.7 Å². The second kappa shape index (κ2) is 10.2. The van der Waals surface area contributed by atoms with Gasteiger partial charge in [-0.05, 0) is 32.9 Å². The van der Waals surface area contributed by atoms with Gasteiger partial charge in [-0.25, -0.2) is 9.78 Å². The molecule has 6 heteroatoms. The fourth-order valence-corrected chi connectivity index (χ4v) is 2.45. The number of aliphatic hydroxyl groups is 1. The number of carbonyl (C=O) groups excluding carboxylic acids is 1. The molecule has 0 heterocycles. The Labute approximate surface area is 132 Å². The average Bonchev–Trinajstić information content (AvgIpc) is 2.40. The number of esters is 1. The van der Waals surface area contributed by atoms with Crippen molar-refractivity contribution in [1.29, 1.82) is 0 Å². The molecule has 0 aliphatic rings. The van der Waals surface area contributed by atoms with Crippen LogP contribution in [0.15, 0.2) is 12.2 Å². The van der Waals surface area contributed by atoms with Gasteiger partial charge in [-0.3, -0.25) is 4.79 Å². The molecular formula is C15H28O5S. The van der Waals surface area contributed by atoms with Crippen molar-refractivity contribution in [3.05, 3.63) is 12.2 Å². The van der Waals surface area contributed by atoms with Gasteiger partial charge in [0.05, 0.1) is 19.1 Å². The lowest BCUT2D eigenvalue weighted by molar-refractivity contribution is -0.341. The SMILES string of the molecule is C=C(C)C(O)CCSCC(C)C(=O)OCC(C)(C)OOC. The highest BCUT2D eigenvalue weighted by molar-refractivity contribution is 7.99. The summed E-state index contributed by atoms with van der Waals surface area (Å²) in [6.45, 7) is 11.0. The predicted molar refractivity (Wildman–Crippen MR) is 85.1 cm³/mol. The lowest BCUT2D eigenvalue weighted by atomic mass is 10.1. The molecule has 0 bridgehead atoms. The topological polar surface area (TPSA) is 65.0 Å². The zero-order valence-electron chi connectivity index (χ0n) is 13.7. The van der Waals surface area contributed by atoms with E-state index in [2.05, 4.69) is 11.5 Å². The fraction of sp³-hybridized carbons (Fsp3) is 0.800. The first kappa shape index (κ1) is 20.4. The molecule has 0 aliphatic heterocycles. The fourth-order valence-electron chi connectivity index (χ4n) is 1.41. The van der Waals surface area contributed by atoms with E-state index in [-0.39, 0.29) is 18.5 Å². The molecule has 21 heavy (non-hydrogen) atoms. The van der Waals surface area contributed by atoms with Crippen LogP contribution >= 0.6 is 11.8 Å². The standard InChI is InChI=1S/C15H28O5S/c1-11(2)13(16)7-8-21-9-12(3)14(17)19-10-15(4,5)20-18-6/h12-13,16H,1,7-10H2,2-6H3. The summed E-state index contributed by atoms with van der Waals surface area (Å²) >= 11 is 1.62. The third-order valence-corrected chi connectivity index (χ3v) is 4.01. The van der Waals surface area contributed by atoms with Crippen molar-refractivity contribution in [1.82, 2.24) is 0 Å². The minimum absolute atomic E-state index is 0.142. The predicted octanol–water partition coefficient (Wildman–Crippen LogP) is 2.58. The Morgan fingerprint density at radius 2 is 2.05 bits per heavy atom. The van der Waals surface area contributed by atoms with Gasteiger partial charge < -0.3 is 9.84 Å². The molecule has 5 nitrogen and oxygen atoms in total. The van der Waals surface area contributed by atoms with E-state index in [4.69, 9.17) is 9.62 Å². The molecule has 0 fully saturated rings. The van der Waals surface area contributed by atoms with Crippen LogP contribution in [0.3, 0.4) is 0 Å². The normalized spacial score (nSPS) is 14.6. The van der Waals surface area contributed by atoms with Crippen LogP contribution in [-0.2, 0) is 19.3 Å². The first-order valence-corrected chi connectivity index (χ1v) is 8.14. The maximum Gasteiger partial charge on any atom is 0.309 e. The second-order valence-corrected chi connectivity index (χ2v) is 6.89. The molecule has 0 aromatic heterocycles. The molecule has 0 spiro atoms. The summed E-state index contributed by atoms with van der Waals surface area (Å²) in [6, 6.07) is 0.